The molecule has 0 unspecified atom stereocenters. The highest BCUT2D eigenvalue weighted by Crippen LogP contribution is 2.13. The summed E-state index contributed by atoms with van der Waals surface area (Å²) in [5.74, 6) is 4.76. The molecule has 0 aliphatic heterocycles. The van der Waals surface area contributed by atoms with Crippen LogP contribution < -0.4 is 10.6 Å². The van der Waals surface area contributed by atoms with Crippen molar-refractivity contribution in [3.63, 3.8) is 0 Å². The zero-order chi connectivity index (χ0) is 13.2. The molecule has 0 spiro atoms. The Morgan fingerprint density at radius 2 is 2.00 bits per heavy atom. The van der Waals surface area contributed by atoms with Crippen LogP contribution in [0.5, 0.6) is 5.75 Å². The smallest absolute Gasteiger partial charge is 0.356 e. The van der Waals surface area contributed by atoms with Gasteiger partial charge in [0.2, 0.25) is 0 Å². The van der Waals surface area contributed by atoms with E-state index in [-0.39, 0.29) is 0 Å². The van der Waals surface area contributed by atoms with Crippen LogP contribution in [0, 0.1) is 0 Å². The van der Waals surface area contributed by atoms with Gasteiger partial charge in [0.15, 0.2) is 0 Å². The van der Waals surface area contributed by atoms with Gasteiger partial charge in [-0.3, -0.25) is 0 Å². The van der Waals surface area contributed by atoms with E-state index < -0.39 is 5.97 Å². The van der Waals surface area contributed by atoms with Crippen LogP contribution in [0.1, 0.15) is 10.4 Å². The number of rotatable bonds is 8. The van der Waals surface area contributed by atoms with E-state index in [9.17, 15) is 4.79 Å². The Kier molecular flexibility index (Phi) is 6.78. The Morgan fingerprint density at radius 1 is 1.22 bits per heavy atom. The van der Waals surface area contributed by atoms with Gasteiger partial charge >= 0.3 is 5.97 Å². The van der Waals surface area contributed by atoms with E-state index in [0.29, 0.717) is 37.7 Å². The van der Waals surface area contributed by atoms with Crippen molar-refractivity contribution >= 4 is 5.97 Å². The lowest BCUT2D eigenvalue weighted by molar-refractivity contribution is 0.0500. The summed E-state index contributed by atoms with van der Waals surface area (Å²) in [6, 6.07) is 6.58. The Morgan fingerprint density at radius 3 is 2.72 bits per heavy atom. The van der Waals surface area contributed by atoms with Gasteiger partial charge in [0, 0.05) is 7.11 Å². The standard InChI is InChI=1S/C12H17NO5/c1-15-5-6-16-7-8-17-11-4-2-3-10(9-11)12(14)18-13/h2-4,9H,5-8,13H2,1H3. The van der Waals surface area contributed by atoms with E-state index in [1.807, 2.05) is 0 Å². The van der Waals surface area contributed by atoms with Crippen LogP contribution in [-0.4, -0.2) is 39.5 Å². The summed E-state index contributed by atoms with van der Waals surface area (Å²) in [7, 11) is 1.61. The second kappa shape index (κ2) is 8.46. The second-order valence-electron chi connectivity index (χ2n) is 3.39. The van der Waals surface area contributed by atoms with Gasteiger partial charge in [-0.2, -0.15) is 5.90 Å². The first kappa shape index (κ1) is 14.4. The van der Waals surface area contributed by atoms with Crippen LogP contribution in [0.4, 0.5) is 0 Å². The molecule has 2 N–H and O–H groups in total. The average molecular weight is 255 g/mol. The van der Waals surface area contributed by atoms with Crippen LogP contribution in [0.25, 0.3) is 0 Å². The number of carbonyl (C=O) groups excluding carboxylic acids is 1. The third-order valence-corrected chi connectivity index (χ3v) is 2.10. The lowest BCUT2D eigenvalue weighted by atomic mass is 10.2. The van der Waals surface area contributed by atoms with Gasteiger partial charge in [0.05, 0.1) is 25.4 Å². The molecule has 0 bridgehead atoms. The zero-order valence-electron chi connectivity index (χ0n) is 10.3. The molecule has 0 aliphatic carbocycles. The fourth-order valence-corrected chi connectivity index (χ4v) is 1.24. The largest absolute Gasteiger partial charge is 0.491 e. The summed E-state index contributed by atoms with van der Waals surface area (Å²) in [5.41, 5.74) is 0.343. The van der Waals surface area contributed by atoms with E-state index >= 15 is 0 Å². The minimum atomic E-state index is -0.600. The maximum Gasteiger partial charge on any atom is 0.356 e. The molecule has 1 aromatic carbocycles. The molecule has 6 heteroatoms. The Bertz CT molecular complexity index is 369. The second-order valence-corrected chi connectivity index (χ2v) is 3.39. The number of benzene rings is 1. The fourth-order valence-electron chi connectivity index (χ4n) is 1.24. The quantitative estimate of drug-likeness (QED) is 0.545. The number of carbonyl (C=O) groups is 1. The monoisotopic (exact) mass is 255 g/mol. The highest BCUT2D eigenvalue weighted by atomic mass is 16.7. The summed E-state index contributed by atoms with van der Waals surface area (Å²) in [6.07, 6.45) is 0. The third-order valence-electron chi connectivity index (χ3n) is 2.10. The van der Waals surface area contributed by atoms with Gasteiger partial charge < -0.3 is 19.0 Å². The van der Waals surface area contributed by atoms with Crippen molar-refractivity contribution in [3.8, 4) is 5.75 Å². The van der Waals surface area contributed by atoms with E-state index in [2.05, 4.69) is 4.84 Å². The molecule has 0 saturated carbocycles. The zero-order valence-corrected chi connectivity index (χ0v) is 10.3. The molecular formula is C12H17NO5. The first-order valence-electron chi connectivity index (χ1n) is 5.48. The van der Waals surface area contributed by atoms with Gasteiger partial charge in [-0.25, -0.2) is 4.79 Å². The molecule has 0 amide bonds. The molecule has 100 valence electrons. The summed E-state index contributed by atoms with van der Waals surface area (Å²) in [5, 5.41) is 0. The number of ether oxygens (including phenoxy) is 3. The number of methoxy groups -OCH3 is 1. The van der Waals surface area contributed by atoms with Crippen molar-refractivity contribution in [2.75, 3.05) is 33.5 Å². The molecule has 0 saturated heterocycles. The van der Waals surface area contributed by atoms with Crippen LogP contribution in [-0.2, 0) is 14.3 Å². The minimum Gasteiger partial charge on any atom is -0.491 e. The van der Waals surface area contributed by atoms with Gasteiger partial charge in [-0.05, 0) is 18.2 Å². The first-order valence-corrected chi connectivity index (χ1v) is 5.48. The van der Waals surface area contributed by atoms with Crippen LogP contribution >= 0.6 is 0 Å². The summed E-state index contributed by atoms with van der Waals surface area (Å²) in [6.45, 7) is 1.93. The van der Waals surface area contributed by atoms with Gasteiger partial charge in [-0.15, -0.1) is 0 Å². The van der Waals surface area contributed by atoms with Crippen LogP contribution in [0.3, 0.4) is 0 Å². The predicted octanol–water partition coefficient (Wildman–Crippen LogP) is 0.759. The Hall–Kier alpha value is -1.63. The first-order chi connectivity index (χ1) is 8.77. The minimum absolute atomic E-state index is 0.343. The van der Waals surface area contributed by atoms with Crippen molar-refractivity contribution in [1.82, 2.24) is 0 Å². The van der Waals surface area contributed by atoms with Gasteiger partial charge in [0.25, 0.3) is 0 Å². The normalized spacial score (nSPS) is 10.1. The molecule has 0 radical (unpaired) electrons. The maximum atomic E-state index is 11.2. The van der Waals surface area contributed by atoms with Crippen molar-refractivity contribution < 1.29 is 23.8 Å². The average Bonchev–Trinajstić information content (AvgIpc) is 2.42. The summed E-state index contributed by atoms with van der Waals surface area (Å²) in [4.78, 5) is 15.3. The number of hydrogen-bond donors (Lipinski definition) is 1. The van der Waals surface area contributed by atoms with Crippen LogP contribution in [0.15, 0.2) is 24.3 Å². The summed E-state index contributed by atoms with van der Waals surface area (Å²) < 4.78 is 15.5. The molecule has 0 heterocycles. The van der Waals surface area contributed by atoms with Crippen molar-refractivity contribution in [2.45, 2.75) is 0 Å². The van der Waals surface area contributed by atoms with Crippen molar-refractivity contribution in [3.05, 3.63) is 29.8 Å². The van der Waals surface area contributed by atoms with E-state index in [1.165, 1.54) is 0 Å². The molecule has 1 aromatic rings. The van der Waals surface area contributed by atoms with E-state index in [1.54, 1.807) is 31.4 Å². The summed E-state index contributed by atoms with van der Waals surface area (Å²) >= 11 is 0. The Balaban J connectivity index is 2.32. The molecule has 1 rings (SSSR count). The molecule has 0 aromatic heterocycles. The SMILES string of the molecule is COCCOCCOc1cccc(C(=O)ON)c1. The van der Waals surface area contributed by atoms with Crippen LogP contribution in [0.2, 0.25) is 0 Å². The predicted molar refractivity (Wildman–Crippen MR) is 64.2 cm³/mol. The fraction of sp³-hybridized carbons (Fsp3) is 0.417. The highest BCUT2D eigenvalue weighted by molar-refractivity contribution is 5.89. The third kappa shape index (κ3) is 5.13. The topological polar surface area (TPSA) is 80.0 Å². The van der Waals surface area contributed by atoms with E-state index in [4.69, 9.17) is 20.1 Å². The van der Waals surface area contributed by atoms with Gasteiger partial charge in [0.1, 0.15) is 12.4 Å². The maximum absolute atomic E-state index is 11.2. The molecule has 0 fully saturated rings. The van der Waals surface area contributed by atoms with Crippen molar-refractivity contribution in [2.24, 2.45) is 5.90 Å². The number of nitrogens with two attached hydrogens (primary N) is 1. The molecule has 18 heavy (non-hydrogen) atoms. The van der Waals surface area contributed by atoms with Crippen molar-refractivity contribution in [1.29, 1.82) is 0 Å². The molecular weight excluding hydrogens is 238 g/mol. The number of hydrogen-bond acceptors (Lipinski definition) is 6. The Labute approximate surface area is 106 Å². The molecule has 0 atom stereocenters. The lowest BCUT2D eigenvalue weighted by Crippen LogP contribution is -2.11. The lowest BCUT2D eigenvalue weighted by Gasteiger charge is -2.07. The highest BCUT2D eigenvalue weighted by Gasteiger charge is 2.06. The molecule has 0 aliphatic rings. The van der Waals surface area contributed by atoms with E-state index in [0.717, 1.165) is 0 Å². The van der Waals surface area contributed by atoms with Gasteiger partial charge in [-0.1, -0.05) is 6.07 Å². The molecule has 6 nitrogen and oxygen atoms in total.